The van der Waals surface area contributed by atoms with Crippen LogP contribution in [0.3, 0.4) is 0 Å². The molecule has 0 unspecified atom stereocenters. The molecule has 0 saturated heterocycles. The molecule has 0 saturated carbocycles. The molecule has 0 aliphatic heterocycles. The van der Waals surface area contributed by atoms with E-state index in [-0.39, 0.29) is 10.7 Å². The van der Waals surface area contributed by atoms with Crippen molar-refractivity contribution in [3.63, 3.8) is 0 Å². The van der Waals surface area contributed by atoms with Crippen molar-refractivity contribution in [1.82, 2.24) is 4.98 Å². The molecule has 2 rings (SSSR count). The van der Waals surface area contributed by atoms with Gasteiger partial charge in [0.1, 0.15) is 10.7 Å². The van der Waals surface area contributed by atoms with E-state index in [0.717, 1.165) is 11.3 Å². The summed E-state index contributed by atoms with van der Waals surface area (Å²) in [4.78, 5) is 15.1. The van der Waals surface area contributed by atoms with Gasteiger partial charge in [-0.3, -0.25) is 0 Å². The first-order valence-electron chi connectivity index (χ1n) is 5.21. The van der Waals surface area contributed by atoms with Gasteiger partial charge in [-0.25, -0.2) is 14.2 Å². The highest BCUT2D eigenvalue weighted by atomic mass is 32.1. The van der Waals surface area contributed by atoms with Crippen LogP contribution in [0.25, 0.3) is 0 Å². The third kappa shape index (κ3) is 2.48. The number of hydrogen-bond acceptors (Lipinski definition) is 4. The normalized spacial score (nSPS) is 10.4. The number of aryl methyl sites for hydroxylation is 2. The Morgan fingerprint density at radius 3 is 2.72 bits per heavy atom. The van der Waals surface area contributed by atoms with Gasteiger partial charge >= 0.3 is 5.97 Å². The number of anilines is 2. The molecule has 1 aromatic carbocycles. The lowest BCUT2D eigenvalue weighted by molar-refractivity contribution is 0.0701. The average molecular weight is 266 g/mol. The number of nitrogens with zero attached hydrogens (tertiary/aromatic N) is 1. The number of aromatic nitrogens is 1. The molecule has 4 nitrogen and oxygen atoms in total. The lowest BCUT2D eigenvalue weighted by Gasteiger charge is -2.03. The van der Waals surface area contributed by atoms with Gasteiger partial charge in [0.05, 0.1) is 5.69 Å². The maximum atomic E-state index is 13.3. The first-order valence-corrected chi connectivity index (χ1v) is 6.03. The molecule has 2 N–H and O–H groups in total. The first kappa shape index (κ1) is 12.5. The summed E-state index contributed by atoms with van der Waals surface area (Å²) in [7, 11) is 0. The molecule has 0 amide bonds. The molecular weight excluding hydrogens is 255 g/mol. The Hall–Kier alpha value is -1.95. The van der Waals surface area contributed by atoms with Crippen molar-refractivity contribution in [2.24, 2.45) is 0 Å². The van der Waals surface area contributed by atoms with E-state index in [1.165, 1.54) is 6.07 Å². The first-order chi connectivity index (χ1) is 8.47. The zero-order chi connectivity index (χ0) is 13.3. The summed E-state index contributed by atoms with van der Waals surface area (Å²) >= 11 is 1.03. The predicted octanol–water partition coefficient (Wildman–Crippen LogP) is 3.34. The Morgan fingerprint density at radius 2 is 2.17 bits per heavy atom. The van der Waals surface area contributed by atoms with Gasteiger partial charge in [-0.1, -0.05) is 17.4 Å². The van der Waals surface area contributed by atoms with Crippen LogP contribution in [0.2, 0.25) is 0 Å². The molecule has 1 heterocycles. The number of rotatable bonds is 3. The number of hydrogen-bond donors (Lipinski definition) is 2. The molecule has 0 aliphatic carbocycles. The number of nitrogens with one attached hydrogen (secondary N) is 1. The molecule has 0 aliphatic rings. The number of thiazole rings is 1. The monoisotopic (exact) mass is 266 g/mol. The van der Waals surface area contributed by atoms with Crippen LogP contribution in [0, 0.1) is 19.7 Å². The Balaban J connectivity index is 2.26. The Morgan fingerprint density at radius 1 is 1.44 bits per heavy atom. The maximum absolute atomic E-state index is 13.3. The van der Waals surface area contributed by atoms with Gasteiger partial charge in [0.25, 0.3) is 0 Å². The van der Waals surface area contributed by atoms with Gasteiger partial charge in [-0.2, -0.15) is 0 Å². The fourth-order valence-corrected chi connectivity index (χ4v) is 2.27. The van der Waals surface area contributed by atoms with Gasteiger partial charge in [-0.15, -0.1) is 0 Å². The summed E-state index contributed by atoms with van der Waals surface area (Å²) in [6.07, 6.45) is 0. The van der Waals surface area contributed by atoms with Crippen LogP contribution in [-0.4, -0.2) is 16.1 Å². The molecule has 0 spiro atoms. The molecule has 0 fully saturated rings. The topological polar surface area (TPSA) is 62.2 Å². The van der Waals surface area contributed by atoms with Gasteiger partial charge < -0.3 is 10.4 Å². The lowest BCUT2D eigenvalue weighted by Crippen LogP contribution is -1.94. The largest absolute Gasteiger partial charge is 0.477 e. The number of carbonyl (C=O) groups is 1. The van der Waals surface area contributed by atoms with E-state index in [9.17, 15) is 9.18 Å². The fourth-order valence-electron chi connectivity index (χ4n) is 1.44. The predicted molar refractivity (Wildman–Crippen MR) is 68.2 cm³/mol. The van der Waals surface area contributed by atoms with E-state index in [0.29, 0.717) is 22.1 Å². The number of carboxylic acid groups (broad SMARTS) is 1. The highest BCUT2D eigenvalue weighted by Gasteiger charge is 2.14. The Labute approximate surface area is 107 Å². The van der Waals surface area contributed by atoms with E-state index in [1.54, 1.807) is 26.0 Å². The van der Waals surface area contributed by atoms with Gasteiger partial charge in [0, 0.05) is 5.69 Å². The maximum Gasteiger partial charge on any atom is 0.347 e. The standard InChI is InChI=1S/C12H11FN2O2S/c1-6-3-4-8(5-9(6)13)15-12-14-7(2)10(18-12)11(16)17/h3-5H,1-2H3,(H,14,15)(H,16,17). The van der Waals surface area contributed by atoms with Crippen molar-refractivity contribution in [3.8, 4) is 0 Å². The Kier molecular flexibility index (Phi) is 3.29. The van der Waals surface area contributed by atoms with Crippen molar-refractivity contribution in [1.29, 1.82) is 0 Å². The minimum atomic E-state index is -1.01. The van der Waals surface area contributed by atoms with Crippen LogP contribution in [-0.2, 0) is 0 Å². The number of halogens is 1. The van der Waals surface area contributed by atoms with Crippen LogP contribution in [0.4, 0.5) is 15.2 Å². The van der Waals surface area contributed by atoms with E-state index in [2.05, 4.69) is 10.3 Å². The summed E-state index contributed by atoms with van der Waals surface area (Å²) in [5, 5.41) is 12.2. The summed E-state index contributed by atoms with van der Waals surface area (Å²) in [6, 6.07) is 4.72. The average Bonchev–Trinajstić information content (AvgIpc) is 2.65. The number of benzene rings is 1. The van der Waals surface area contributed by atoms with Crippen LogP contribution in [0.15, 0.2) is 18.2 Å². The zero-order valence-corrected chi connectivity index (χ0v) is 10.6. The smallest absolute Gasteiger partial charge is 0.347 e. The fraction of sp³-hybridized carbons (Fsp3) is 0.167. The van der Waals surface area contributed by atoms with Crippen molar-refractivity contribution in [2.45, 2.75) is 13.8 Å². The second-order valence-electron chi connectivity index (χ2n) is 3.83. The van der Waals surface area contributed by atoms with E-state index < -0.39 is 5.97 Å². The minimum absolute atomic E-state index is 0.185. The molecule has 0 radical (unpaired) electrons. The molecule has 94 valence electrons. The van der Waals surface area contributed by atoms with E-state index in [4.69, 9.17) is 5.11 Å². The van der Waals surface area contributed by atoms with Gasteiger partial charge in [-0.05, 0) is 31.5 Å². The third-order valence-corrected chi connectivity index (χ3v) is 3.47. The lowest BCUT2D eigenvalue weighted by atomic mass is 10.2. The quantitative estimate of drug-likeness (QED) is 0.894. The van der Waals surface area contributed by atoms with E-state index >= 15 is 0 Å². The highest BCUT2D eigenvalue weighted by Crippen LogP contribution is 2.26. The van der Waals surface area contributed by atoms with Crippen LogP contribution >= 0.6 is 11.3 Å². The van der Waals surface area contributed by atoms with Crippen molar-refractivity contribution in [2.75, 3.05) is 5.32 Å². The molecule has 1 aromatic heterocycles. The van der Waals surface area contributed by atoms with E-state index in [1.807, 2.05) is 0 Å². The molecule has 2 aromatic rings. The third-order valence-electron chi connectivity index (χ3n) is 2.41. The van der Waals surface area contributed by atoms with Crippen molar-refractivity contribution in [3.05, 3.63) is 40.2 Å². The zero-order valence-electron chi connectivity index (χ0n) is 9.82. The summed E-state index contributed by atoms with van der Waals surface area (Å²) in [6.45, 7) is 3.30. The molecule has 6 heteroatoms. The van der Waals surface area contributed by atoms with Crippen LogP contribution in [0.1, 0.15) is 20.9 Å². The van der Waals surface area contributed by atoms with Crippen molar-refractivity contribution >= 4 is 28.1 Å². The summed E-state index contributed by atoms with van der Waals surface area (Å²) in [5.74, 6) is -1.32. The van der Waals surface area contributed by atoms with Crippen LogP contribution < -0.4 is 5.32 Å². The van der Waals surface area contributed by atoms with Crippen LogP contribution in [0.5, 0.6) is 0 Å². The SMILES string of the molecule is Cc1ccc(Nc2nc(C)c(C(=O)O)s2)cc1F. The molecule has 0 bridgehead atoms. The highest BCUT2D eigenvalue weighted by molar-refractivity contribution is 7.17. The number of carboxylic acids is 1. The second-order valence-corrected chi connectivity index (χ2v) is 4.83. The molecule has 18 heavy (non-hydrogen) atoms. The minimum Gasteiger partial charge on any atom is -0.477 e. The summed E-state index contributed by atoms with van der Waals surface area (Å²) < 4.78 is 13.3. The molecule has 0 atom stereocenters. The second kappa shape index (κ2) is 4.73. The van der Waals surface area contributed by atoms with Gasteiger partial charge in [0.2, 0.25) is 0 Å². The van der Waals surface area contributed by atoms with Gasteiger partial charge in [0.15, 0.2) is 5.13 Å². The number of aromatic carboxylic acids is 1. The van der Waals surface area contributed by atoms with Crippen molar-refractivity contribution < 1.29 is 14.3 Å². The Bertz CT molecular complexity index is 610. The summed E-state index contributed by atoms with van der Waals surface area (Å²) in [5.41, 5.74) is 1.55. The molecular formula is C12H11FN2O2S.